The Kier molecular flexibility index (Phi) is 5.05. The van der Waals surface area contributed by atoms with Gasteiger partial charge in [-0.2, -0.15) is 0 Å². The molecule has 1 amide bonds. The number of benzene rings is 2. The molecule has 0 atom stereocenters. The summed E-state index contributed by atoms with van der Waals surface area (Å²) in [5.41, 5.74) is 3.25. The van der Waals surface area contributed by atoms with Crippen LogP contribution in [0.15, 0.2) is 60.0 Å². The van der Waals surface area contributed by atoms with Crippen molar-refractivity contribution in [3.8, 4) is 11.3 Å². The summed E-state index contributed by atoms with van der Waals surface area (Å²) in [6, 6.07) is 17.9. The lowest BCUT2D eigenvalue weighted by Crippen LogP contribution is -2.44. The van der Waals surface area contributed by atoms with Crippen LogP contribution < -0.4 is 5.32 Å². The monoisotopic (exact) mass is 378 g/mol. The van der Waals surface area contributed by atoms with Crippen molar-refractivity contribution in [3.63, 3.8) is 0 Å². The van der Waals surface area contributed by atoms with Gasteiger partial charge in [-0.25, -0.2) is 4.98 Å². The SMILES string of the molecule is Cc1nc(-c2cccc(NC(=O)C3(c4ccccc4)CCOCC3)c2)cs1. The van der Waals surface area contributed by atoms with E-state index in [1.807, 2.05) is 66.9 Å². The lowest BCUT2D eigenvalue weighted by molar-refractivity contribution is -0.125. The van der Waals surface area contributed by atoms with Crippen LogP contribution in [-0.2, 0) is 14.9 Å². The zero-order chi connectivity index (χ0) is 18.7. The second-order valence-electron chi connectivity index (χ2n) is 6.85. The standard InChI is InChI=1S/C22H22N2O2S/c1-16-23-20(15-27-16)17-6-5-9-19(14-17)24-21(25)22(10-12-26-13-11-22)18-7-3-2-4-8-18/h2-9,14-15H,10-13H2,1H3,(H,24,25). The fraction of sp³-hybridized carbons (Fsp3) is 0.273. The summed E-state index contributed by atoms with van der Waals surface area (Å²) in [7, 11) is 0. The van der Waals surface area contributed by atoms with Crippen molar-refractivity contribution >= 4 is 22.9 Å². The normalized spacial score (nSPS) is 16.0. The first-order chi connectivity index (χ1) is 13.2. The highest BCUT2D eigenvalue weighted by atomic mass is 32.1. The Morgan fingerprint density at radius 2 is 1.89 bits per heavy atom. The maximum Gasteiger partial charge on any atom is 0.235 e. The van der Waals surface area contributed by atoms with Crippen molar-refractivity contribution in [2.45, 2.75) is 25.2 Å². The molecule has 1 aromatic heterocycles. The second kappa shape index (κ2) is 7.62. The Balaban J connectivity index is 1.62. The summed E-state index contributed by atoms with van der Waals surface area (Å²) in [6.07, 6.45) is 1.38. The number of hydrogen-bond acceptors (Lipinski definition) is 4. The molecule has 4 nitrogen and oxygen atoms in total. The molecule has 27 heavy (non-hydrogen) atoms. The van der Waals surface area contributed by atoms with Crippen molar-refractivity contribution in [2.75, 3.05) is 18.5 Å². The number of hydrogen-bond donors (Lipinski definition) is 1. The molecule has 2 aromatic carbocycles. The van der Waals surface area contributed by atoms with E-state index in [2.05, 4.69) is 10.3 Å². The predicted molar refractivity (Wildman–Crippen MR) is 109 cm³/mol. The van der Waals surface area contributed by atoms with E-state index in [9.17, 15) is 4.79 Å². The van der Waals surface area contributed by atoms with Gasteiger partial charge in [-0.05, 0) is 37.5 Å². The molecule has 2 heterocycles. The fourth-order valence-electron chi connectivity index (χ4n) is 3.63. The molecule has 1 saturated heterocycles. The average molecular weight is 378 g/mol. The maximum atomic E-state index is 13.4. The highest BCUT2D eigenvalue weighted by Gasteiger charge is 2.41. The molecule has 1 fully saturated rings. The Bertz CT molecular complexity index is 930. The molecule has 5 heteroatoms. The zero-order valence-corrected chi connectivity index (χ0v) is 16.1. The molecular formula is C22H22N2O2S. The van der Waals surface area contributed by atoms with E-state index in [1.54, 1.807) is 11.3 Å². The summed E-state index contributed by atoms with van der Waals surface area (Å²) in [4.78, 5) is 17.9. The van der Waals surface area contributed by atoms with Crippen LogP contribution in [0.4, 0.5) is 5.69 Å². The number of aryl methyl sites for hydroxylation is 1. The molecule has 0 spiro atoms. The number of anilines is 1. The number of aromatic nitrogens is 1. The Labute approximate surface area is 163 Å². The van der Waals surface area contributed by atoms with Crippen molar-refractivity contribution in [2.24, 2.45) is 0 Å². The molecule has 3 aromatic rings. The summed E-state index contributed by atoms with van der Waals surface area (Å²) < 4.78 is 5.54. The van der Waals surface area contributed by atoms with E-state index in [-0.39, 0.29) is 5.91 Å². The van der Waals surface area contributed by atoms with Gasteiger partial charge >= 0.3 is 0 Å². The van der Waals surface area contributed by atoms with Gasteiger partial charge in [0, 0.05) is 29.8 Å². The van der Waals surface area contributed by atoms with Gasteiger partial charge in [0.05, 0.1) is 16.1 Å². The smallest absolute Gasteiger partial charge is 0.235 e. The molecule has 1 aliphatic heterocycles. The minimum atomic E-state index is -0.549. The van der Waals surface area contributed by atoms with E-state index in [0.29, 0.717) is 26.1 Å². The van der Waals surface area contributed by atoms with Gasteiger partial charge in [-0.15, -0.1) is 11.3 Å². The van der Waals surface area contributed by atoms with Crippen LogP contribution in [0, 0.1) is 6.92 Å². The summed E-state index contributed by atoms with van der Waals surface area (Å²) in [5.74, 6) is 0.0311. The molecule has 0 bridgehead atoms. The number of rotatable bonds is 4. The highest BCUT2D eigenvalue weighted by Crippen LogP contribution is 2.36. The van der Waals surface area contributed by atoms with Crippen molar-refractivity contribution in [3.05, 3.63) is 70.5 Å². The van der Waals surface area contributed by atoms with E-state index in [0.717, 1.165) is 27.5 Å². The van der Waals surface area contributed by atoms with Gasteiger partial charge in [0.1, 0.15) is 0 Å². The quantitative estimate of drug-likeness (QED) is 0.709. The molecule has 138 valence electrons. The van der Waals surface area contributed by atoms with Crippen molar-refractivity contribution < 1.29 is 9.53 Å². The number of nitrogens with one attached hydrogen (secondary N) is 1. The Hall–Kier alpha value is -2.50. The number of carbonyl (C=O) groups excluding carboxylic acids is 1. The van der Waals surface area contributed by atoms with Gasteiger partial charge in [-0.1, -0.05) is 42.5 Å². The van der Waals surface area contributed by atoms with Crippen LogP contribution >= 0.6 is 11.3 Å². The van der Waals surface area contributed by atoms with Crippen LogP contribution in [-0.4, -0.2) is 24.1 Å². The maximum absolute atomic E-state index is 13.4. The third-order valence-electron chi connectivity index (χ3n) is 5.14. The van der Waals surface area contributed by atoms with Crippen LogP contribution in [0.2, 0.25) is 0 Å². The van der Waals surface area contributed by atoms with Gasteiger partial charge in [0.2, 0.25) is 5.91 Å². The zero-order valence-electron chi connectivity index (χ0n) is 15.3. The molecule has 0 unspecified atom stereocenters. The number of nitrogens with zero attached hydrogens (tertiary/aromatic N) is 1. The minimum Gasteiger partial charge on any atom is -0.381 e. The van der Waals surface area contributed by atoms with Crippen LogP contribution in [0.5, 0.6) is 0 Å². The molecule has 0 radical (unpaired) electrons. The molecular weight excluding hydrogens is 356 g/mol. The number of carbonyl (C=O) groups is 1. The molecule has 4 rings (SSSR count). The van der Waals surface area contributed by atoms with Gasteiger partial charge in [0.15, 0.2) is 0 Å². The first kappa shape index (κ1) is 17.9. The first-order valence-electron chi connectivity index (χ1n) is 9.15. The lowest BCUT2D eigenvalue weighted by Gasteiger charge is -2.36. The Morgan fingerprint density at radius 1 is 1.11 bits per heavy atom. The summed E-state index contributed by atoms with van der Waals surface area (Å²) >= 11 is 1.63. The van der Waals surface area contributed by atoms with Crippen molar-refractivity contribution in [1.82, 2.24) is 4.98 Å². The molecule has 0 aliphatic carbocycles. The third kappa shape index (κ3) is 3.66. The summed E-state index contributed by atoms with van der Waals surface area (Å²) in [5, 5.41) is 6.22. The average Bonchev–Trinajstić information content (AvgIpc) is 3.16. The second-order valence-corrected chi connectivity index (χ2v) is 7.91. The number of ether oxygens (including phenoxy) is 1. The number of amides is 1. The van der Waals surface area contributed by atoms with Crippen LogP contribution in [0.1, 0.15) is 23.4 Å². The van der Waals surface area contributed by atoms with Crippen LogP contribution in [0.25, 0.3) is 11.3 Å². The Morgan fingerprint density at radius 3 is 2.59 bits per heavy atom. The topological polar surface area (TPSA) is 51.2 Å². The third-order valence-corrected chi connectivity index (χ3v) is 5.92. The van der Waals surface area contributed by atoms with E-state index in [1.165, 1.54) is 0 Å². The molecule has 1 N–H and O–H groups in total. The fourth-order valence-corrected chi connectivity index (χ4v) is 4.25. The number of thiazole rings is 1. The largest absolute Gasteiger partial charge is 0.381 e. The van der Waals surface area contributed by atoms with Crippen LogP contribution in [0.3, 0.4) is 0 Å². The molecule has 0 saturated carbocycles. The van der Waals surface area contributed by atoms with Gasteiger partial charge < -0.3 is 10.1 Å². The minimum absolute atomic E-state index is 0.0311. The summed E-state index contributed by atoms with van der Waals surface area (Å²) in [6.45, 7) is 3.19. The first-order valence-corrected chi connectivity index (χ1v) is 10.0. The van der Waals surface area contributed by atoms with Gasteiger partial charge in [0.25, 0.3) is 0 Å². The molecule has 1 aliphatic rings. The highest BCUT2D eigenvalue weighted by molar-refractivity contribution is 7.09. The van der Waals surface area contributed by atoms with E-state index in [4.69, 9.17) is 4.74 Å². The van der Waals surface area contributed by atoms with Crippen molar-refractivity contribution in [1.29, 1.82) is 0 Å². The lowest BCUT2D eigenvalue weighted by atomic mass is 9.73. The predicted octanol–water partition coefficient (Wildman–Crippen LogP) is 4.81. The van der Waals surface area contributed by atoms with Gasteiger partial charge in [-0.3, -0.25) is 4.79 Å². The van der Waals surface area contributed by atoms with E-state index < -0.39 is 5.41 Å². The van der Waals surface area contributed by atoms with E-state index >= 15 is 0 Å².